The highest BCUT2D eigenvalue weighted by molar-refractivity contribution is 7.80. The molecule has 3 rings (SSSR count). The van der Waals surface area contributed by atoms with Gasteiger partial charge in [0.15, 0.2) is 10.9 Å². The highest BCUT2D eigenvalue weighted by Crippen LogP contribution is 2.24. The van der Waals surface area contributed by atoms with Gasteiger partial charge in [-0.05, 0) is 62.2 Å². The number of ketones is 1. The van der Waals surface area contributed by atoms with E-state index in [1.54, 1.807) is 6.92 Å². The first kappa shape index (κ1) is 18.2. The molecular weight excluding hydrogens is 330 g/mol. The second kappa shape index (κ2) is 8.17. The molecule has 0 spiro atoms. The Kier molecular flexibility index (Phi) is 5.94. The first-order valence-electron chi connectivity index (χ1n) is 9.46. The molecule has 4 nitrogen and oxygen atoms in total. The van der Waals surface area contributed by atoms with E-state index in [1.807, 2.05) is 24.3 Å². The maximum Gasteiger partial charge on any atom is 0.169 e. The van der Waals surface area contributed by atoms with Crippen molar-refractivity contribution in [2.75, 3.05) is 31.1 Å². The average molecular weight is 360 g/mol. The molecule has 1 N–H and O–H groups in total. The third kappa shape index (κ3) is 4.51. The molecule has 1 aromatic carbocycles. The molecule has 0 aromatic heterocycles. The Morgan fingerprint density at radius 1 is 1.08 bits per heavy atom. The molecule has 2 fully saturated rings. The Bertz CT molecular complexity index is 608. The predicted molar refractivity (Wildman–Crippen MR) is 107 cm³/mol. The Labute approximate surface area is 156 Å². The summed E-state index contributed by atoms with van der Waals surface area (Å²) < 4.78 is 0. The number of hydrogen-bond acceptors (Lipinski definition) is 3. The van der Waals surface area contributed by atoms with Gasteiger partial charge in [-0.2, -0.15) is 0 Å². The SMILES string of the molecule is CC(=O)c1ccc(N2CCN(C(=S)N[C@H]3CCCC[C@@H]3C)CC2)cc1. The Morgan fingerprint density at radius 2 is 1.72 bits per heavy atom. The van der Waals surface area contributed by atoms with Crippen molar-refractivity contribution in [3.63, 3.8) is 0 Å². The molecule has 5 heteroatoms. The third-order valence-corrected chi connectivity index (χ3v) is 6.00. The quantitative estimate of drug-likeness (QED) is 0.660. The monoisotopic (exact) mass is 359 g/mol. The summed E-state index contributed by atoms with van der Waals surface area (Å²) in [4.78, 5) is 16.1. The zero-order valence-electron chi connectivity index (χ0n) is 15.3. The van der Waals surface area contributed by atoms with E-state index in [-0.39, 0.29) is 5.78 Å². The molecule has 0 bridgehead atoms. The molecule has 136 valence electrons. The van der Waals surface area contributed by atoms with Crippen molar-refractivity contribution < 1.29 is 4.79 Å². The number of rotatable bonds is 3. The molecule has 1 aliphatic heterocycles. The van der Waals surface area contributed by atoms with Crippen LogP contribution in [0.25, 0.3) is 0 Å². The van der Waals surface area contributed by atoms with Crippen LogP contribution in [0.15, 0.2) is 24.3 Å². The lowest BCUT2D eigenvalue weighted by Gasteiger charge is -2.39. The molecule has 1 saturated carbocycles. The van der Waals surface area contributed by atoms with Gasteiger partial charge in [-0.25, -0.2) is 0 Å². The number of thiocarbonyl (C=S) groups is 1. The van der Waals surface area contributed by atoms with Gasteiger partial charge in [0, 0.05) is 43.5 Å². The summed E-state index contributed by atoms with van der Waals surface area (Å²) in [6, 6.07) is 8.47. The molecule has 1 saturated heterocycles. The summed E-state index contributed by atoms with van der Waals surface area (Å²) in [7, 11) is 0. The van der Waals surface area contributed by atoms with E-state index >= 15 is 0 Å². The van der Waals surface area contributed by atoms with Gasteiger partial charge in [-0.3, -0.25) is 4.79 Å². The van der Waals surface area contributed by atoms with Crippen LogP contribution in [0.1, 0.15) is 49.9 Å². The summed E-state index contributed by atoms with van der Waals surface area (Å²) in [6.45, 7) is 7.75. The van der Waals surface area contributed by atoms with Crippen molar-refractivity contribution in [2.24, 2.45) is 5.92 Å². The summed E-state index contributed by atoms with van der Waals surface area (Å²) in [6.07, 6.45) is 5.22. The van der Waals surface area contributed by atoms with Gasteiger partial charge < -0.3 is 15.1 Å². The first-order valence-corrected chi connectivity index (χ1v) is 9.87. The third-order valence-electron chi connectivity index (χ3n) is 5.63. The maximum atomic E-state index is 11.4. The van der Waals surface area contributed by atoms with Gasteiger partial charge in [0.1, 0.15) is 0 Å². The lowest BCUT2D eigenvalue weighted by Crippen LogP contribution is -2.54. The molecule has 2 atom stereocenters. The average Bonchev–Trinajstić information content (AvgIpc) is 2.64. The van der Waals surface area contributed by atoms with Crippen LogP contribution in [0.2, 0.25) is 0 Å². The lowest BCUT2D eigenvalue weighted by molar-refractivity contribution is 0.101. The number of nitrogens with one attached hydrogen (secondary N) is 1. The number of anilines is 1. The largest absolute Gasteiger partial charge is 0.368 e. The normalized spacial score (nSPS) is 24.1. The minimum absolute atomic E-state index is 0.115. The molecule has 1 aliphatic carbocycles. The van der Waals surface area contributed by atoms with Gasteiger partial charge in [0.2, 0.25) is 0 Å². The van der Waals surface area contributed by atoms with Crippen LogP contribution in [0.3, 0.4) is 0 Å². The summed E-state index contributed by atoms with van der Waals surface area (Å²) in [5.41, 5.74) is 1.96. The van der Waals surface area contributed by atoms with E-state index in [4.69, 9.17) is 12.2 Å². The van der Waals surface area contributed by atoms with E-state index in [9.17, 15) is 4.79 Å². The second-order valence-corrected chi connectivity index (χ2v) is 7.78. The Hall–Kier alpha value is -1.62. The van der Waals surface area contributed by atoms with Crippen LogP contribution < -0.4 is 10.2 Å². The van der Waals surface area contributed by atoms with Crippen molar-refractivity contribution in [1.82, 2.24) is 10.2 Å². The van der Waals surface area contributed by atoms with Crippen LogP contribution >= 0.6 is 12.2 Å². The number of nitrogens with zero attached hydrogens (tertiary/aromatic N) is 2. The predicted octanol–water partition coefficient (Wildman–Crippen LogP) is 3.46. The number of benzene rings is 1. The standard InChI is InChI=1S/C20H29N3OS/c1-15-5-3-4-6-19(15)21-20(25)23-13-11-22(12-14-23)18-9-7-17(8-10-18)16(2)24/h7-10,15,19H,3-6,11-14H2,1-2H3,(H,21,25)/t15-,19-/m0/s1. The minimum Gasteiger partial charge on any atom is -0.368 e. The molecule has 25 heavy (non-hydrogen) atoms. The number of piperazine rings is 1. The fourth-order valence-corrected chi connectivity index (χ4v) is 4.19. The molecule has 0 unspecified atom stereocenters. The fourth-order valence-electron chi connectivity index (χ4n) is 3.86. The Morgan fingerprint density at radius 3 is 2.32 bits per heavy atom. The molecule has 0 amide bonds. The van der Waals surface area contributed by atoms with E-state index in [2.05, 4.69) is 22.0 Å². The summed E-state index contributed by atoms with van der Waals surface area (Å²) >= 11 is 5.67. The number of carbonyl (C=O) groups excluding carboxylic acids is 1. The van der Waals surface area contributed by atoms with Crippen LogP contribution in [0.4, 0.5) is 5.69 Å². The smallest absolute Gasteiger partial charge is 0.169 e. The number of carbonyl (C=O) groups is 1. The first-order chi connectivity index (χ1) is 12.0. The molecule has 1 heterocycles. The second-order valence-electron chi connectivity index (χ2n) is 7.39. The van der Waals surface area contributed by atoms with Gasteiger partial charge in [0.25, 0.3) is 0 Å². The van der Waals surface area contributed by atoms with E-state index in [1.165, 1.54) is 31.4 Å². The zero-order valence-corrected chi connectivity index (χ0v) is 16.1. The van der Waals surface area contributed by atoms with Crippen LogP contribution in [-0.4, -0.2) is 48.0 Å². The maximum absolute atomic E-state index is 11.4. The van der Waals surface area contributed by atoms with Crippen molar-refractivity contribution in [2.45, 2.75) is 45.6 Å². The summed E-state index contributed by atoms with van der Waals surface area (Å²) in [5, 5.41) is 4.54. The van der Waals surface area contributed by atoms with Crippen LogP contribution in [-0.2, 0) is 0 Å². The highest BCUT2D eigenvalue weighted by atomic mass is 32.1. The van der Waals surface area contributed by atoms with Crippen molar-refractivity contribution in [1.29, 1.82) is 0 Å². The lowest BCUT2D eigenvalue weighted by atomic mass is 9.86. The van der Waals surface area contributed by atoms with E-state index in [0.29, 0.717) is 12.0 Å². The zero-order chi connectivity index (χ0) is 17.8. The molecular formula is C20H29N3OS. The van der Waals surface area contributed by atoms with Crippen LogP contribution in [0, 0.1) is 5.92 Å². The van der Waals surface area contributed by atoms with E-state index in [0.717, 1.165) is 36.9 Å². The highest BCUT2D eigenvalue weighted by Gasteiger charge is 2.25. The van der Waals surface area contributed by atoms with Gasteiger partial charge in [-0.15, -0.1) is 0 Å². The Balaban J connectivity index is 1.51. The molecule has 2 aliphatic rings. The van der Waals surface area contributed by atoms with Crippen molar-refractivity contribution in [3.05, 3.63) is 29.8 Å². The molecule has 1 aromatic rings. The van der Waals surface area contributed by atoms with Crippen molar-refractivity contribution in [3.8, 4) is 0 Å². The fraction of sp³-hybridized carbons (Fsp3) is 0.600. The number of hydrogen-bond donors (Lipinski definition) is 1. The van der Waals surface area contributed by atoms with Crippen molar-refractivity contribution >= 4 is 28.8 Å². The number of Topliss-reactive ketones (excluding diaryl/α,β-unsaturated/α-hetero) is 1. The van der Waals surface area contributed by atoms with Gasteiger partial charge in [0.05, 0.1) is 0 Å². The van der Waals surface area contributed by atoms with Gasteiger partial charge >= 0.3 is 0 Å². The minimum atomic E-state index is 0.115. The van der Waals surface area contributed by atoms with E-state index < -0.39 is 0 Å². The molecule has 0 radical (unpaired) electrons. The topological polar surface area (TPSA) is 35.6 Å². The van der Waals surface area contributed by atoms with Crippen LogP contribution in [0.5, 0.6) is 0 Å². The summed E-state index contributed by atoms with van der Waals surface area (Å²) in [5.74, 6) is 0.831. The van der Waals surface area contributed by atoms with Gasteiger partial charge in [-0.1, -0.05) is 19.8 Å².